The first-order chi connectivity index (χ1) is 9.92. The van der Waals surface area contributed by atoms with Crippen LogP contribution in [0.5, 0.6) is 0 Å². The number of aromatic nitrogens is 3. The third-order valence-electron chi connectivity index (χ3n) is 3.61. The molecule has 6 heteroatoms. The number of furan rings is 1. The summed E-state index contributed by atoms with van der Waals surface area (Å²) < 4.78 is 5.55. The molecule has 3 aromatic rings. The molecular formula is C14H15N5O. The number of para-hydroxylation sites is 1. The van der Waals surface area contributed by atoms with Crippen LogP contribution in [0.15, 0.2) is 34.9 Å². The Morgan fingerprint density at radius 1 is 1.15 bits per heavy atom. The topological polar surface area (TPSA) is 70.0 Å². The number of H-pyrrole nitrogens is 1. The molecule has 0 saturated carbocycles. The zero-order valence-corrected chi connectivity index (χ0v) is 11.0. The summed E-state index contributed by atoms with van der Waals surface area (Å²) in [4.78, 5) is 6.78. The Kier molecular flexibility index (Phi) is 2.67. The number of fused-ring (bicyclic) bond motifs is 1. The lowest BCUT2D eigenvalue weighted by Crippen LogP contribution is -2.44. The lowest BCUT2D eigenvalue weighted by Gasteiger charge is -2.25. The van der Waals surface area contributed by atoms with Gasteiger partial charge in [-0.15, -0.1) is 5.10 Å². The predicted molar refractivity (Wildman–Crippen MR) is 76.7 cm³/mol. The van der Waals surface area contributed by atoms with E-state index in [1.54, 1.807) is 6.26 Å². The van der Waals surface area contributed by atoms with E-state index in [9.17, 15) is 0 Å². The fourth-order valence-corrected chi connectivity index (χ4v) is 2.54. The van der Waals surface area contributed by atoms with Crippen molar-refractivity contribution in [3.8, 4) is 11.4 Å². The van der Waals surface area contributed by atoms with Crippen LogP contribution in [0.4, 0.5) is 5.95 Å². The maximum Gasteiger partial charge on any atom is 0.245 e. The van der Waals surface area contributed by atoms with Crippen molar-refractivity contribution in [1.82, 2.24) is 20.5 Å². The quantitative estimate of drug-likeness (QED) is 0.740. The standard InChI is InChI=1S/C14H15N5O/c1-2-4-12-10(3-1)11(9-20-12)13-16-14(18-17-13)19-7-5-15-6-8-19/h1-4,9,15H,5-8H2,(H,16,17,18). The van der Waals surface area contributed by atoms with Crippen molar-refractivity contribution < 1.29 is 4.42 Å². The van der Waals surface area contributed by atoms with E-state index < -0.39 is 0 Å². The number of hydrogen-bond acceptors (Lipinski definition) is 5. The van der Waals surface area contributed by atoms with Gasteiger partial charge in [0.25, 0.3) is 0 Å². The molecule has 0 atom stereocenters. The minimum atomic E-state index is 0.753. The van der Waals surface area contributed by atoms with E-state index in [-0.39, 0.29) is 0 Å². The highest BCUT2D eigenvalue weighted by atomic mass is 16.3. The minimum Gasteiger partial charge on any atom is -0.464 e. The van der Waals surface area contributed by atoms with Gasteiger partial charge in [0, 0.05) is 31.6 Å². The molecule has 102 valence electrons. The molecule has 4 rings (SSSR count). The van der Waals surface area contributed by atoms with Crippen LogP contribution in [0, 0.1) is 0 Å². The van der Waals surface area contributed by atoms with Gasteiger partial charge in [-0.05, 0) is 6.07 Å². The van der Waals surface area contributed by atoms with Gasteiger partial charge in [0.1, 0.15) is 11.8 Å². The summed E-state index contributed by atoms with van der Waals surface area (Å²) in [6, 6.07) is 7.94. The Labute approximate surface area is 115 Å². The predicted octanol–water partition coefficient (Wildman–Crippen LogP) is 1.63. The molecule has 0 bridgehead atoms. The summed E-state index contributed by atoms with van der Waals surface area (Å²) in [6.45, 7) is 3.81. The minimum absolute atomic E-state index is 0.753. The van der Waals surface area contributed by atoms with Crippen molar-refractivity contribution in [2.45, 2.75) is 0 Å². The molecule has 1 saturated heterocycles. The van der Waals surface area contributed by atoms with Gasteiger partial charge in [0.05, 0.1) is 5.56 Å². The van der Waals surface area contributed by atoms with Gasteiger partial charge in [-0.2, -0.15) is 4.98 Å². The van der Waals surface area contributed by atoms with Gasteiger partial charge in [0.2, 0.25) is 5.95 Å². The summed E-state index contributed by atoms with van der Waals surface area (Å²) in [6.07, 6.45) is 1.73. The zero-order valence-electron chi connectivity index (χ0n) is 11.0. The molecule has 2 aromatic heterocycles. The van der Waals surface area contributed by atoms with E-state index in [1.807, 2.05) is 24.3 Å². The number of aromatic amines is 1. The molecule has 0 aliphatic carbocycles. The van der Waals surface area contributed by atoms with Crippen LogP contribution in [-0.2, 0) is 0 Å². The third-order valence-corrected chi connectivity index (χ3v) is 3.61. The molecule has 0 unspecified atom stereocenters. The average molecular weight is 269 g/mol. The molecule has 2 N–H and O–H groups in total. The van der Waals surface area contributed by atoms with Crippen molar-refractivity contribution in [2.75, 3.05) is 31.1 Å². The molecular weight excluding hydrogens is 254 g/mol. The number of benzene rings is 1. The molecule has 0 spiro atoms. The maximum absolute atomic E-state index is 5.55. The third kappa shape index (κ3) is 1.85. The number of rotatable bonds is 2. The van der Waals surface area contributed by atoms with Crippen molar-refractivity contribution in [3.05, 3.63) is 30.5 Å². The summed E-state index contributed by atoms with van der Waals surface area (Å²) in [5.74, 6) is 1.51. The second kappa shape index (κ2) is 4.64. The summed E-state index contributed by atoms with van der Waals surface area (Å²) >= 11 is 0. The molecule has 1 aliphatic rings. The van der Waals surface area contributed by atoms with Crippen LogP contribution in [0.25, 0.3) is 22.4 Å². The van der Waals surface area contributed by atoms with E-state index in [2.05, 4.69) is 25.4 Å². The Bertz CT molecular complexity index is 726. The summed E-state index contributed by atoms with van der Waals surface area (Å²) in [5.41, 5.74) is 1.82. The highest BCUT2D eigenvalue weighted by molar-refractivity contribution is 5.92. The van der Waals surface area contributed by atoms with Gasteiger partial charge in [-0.25, -0.2) is 0 Å². The van der Waals surface area contributed by atoms with Crippen LogP contribution in [0.2, 0.25) is 0 Å². The number of hydrogen-bond donors (Lipinski definition) is 2. The van der Waals surface area contributed by atoms with Crippen LogP contribution < -0.4 is 10.2 Å². The first-order valence-corrected chi connectivity index (χ1v) is 6.76. The monoisotopic (exact) mass is 269 g/mol. The lowest BCUT2D eigenvalue weighted by molar-refractivity contribution is 0.580. The van der Waals surface area contributed by atoms with Crippen LogP contribution in [0.3, 0.4) is 0 Å². The maximum atomic E-state index is 5.55. The highest BCUT2D eigenvalue weighted by Crippen LogP contribution is 2.28. The van der Waals surface area contributed by atoms with Crippen molar-refractivity contribution in [3.63, 3.8) is 0 Å². The second-order valence-corrected chi connectivity index (χ2v) is 4.87. The van der Waals surface area contributed by atoms with Gasteiger partial charge in [-0.1, -0.05) is 18.2 Å². The highest BCUT2D eigenvalue weighted by Gasteiger charge is 2.17. The van der Waals surface area contributed by atoms with Crippen LogP contribution >= 0.6 is 0 Å². The SMILES string of the molecule is c1ccc2c(-c3nc(N4CCNCC4)n[nH]3)coc2c1. The molecule has 0 radical (unpaired) electrons. The van der Waals surface area contributed by atoms with E-state index >= 15 is 0 Å². The number of nitrogens with zero attached hydrogens (tertiary/aromatic N) is 3. The number of nitrogens with one attached hydrogen (secondary N) is 2. The average Bonchev–Trinajstić information content (AvgIpc) is 3.14. The summed E-state index contributed by atoms with van der Waals surface area (Å²) in [5, 5.41) is 11.7. The number of anilines is 1. The van der Waals surface area contributed by atoms with Gasteiger partial charge in [0.15, 0.2) is 5.82 Å². The van der Waals surface area contributed by atoms with Crippen LogP contribution in [0.1, 0.15) is 0 Å². The Hall–Kier alpha value is -2.34. The fourth-order valence-electron chi connectivity index (χ4n) is 2.54. The first kappa shape index (κ1) is 11.5. The first-order valence-electron chi connectivity index (χ1n) is 6.76. The van der Waals surface area contributed by atoms with Crippen molar-refractivity contribution >= 4 is 16.9 Å². The normalized spacial score (nSPS) is 15.9. The summed E-state index contributed by atoms with van der Waals surface area (Å²) in [7, 11) is 0. The Morgan fingerprint density at radius 2 is 2.00 bits per heavy atom. The molecule has 20 heavy (non-hydrogen) atoms. The van der Waals surface area contributed by atoms with Crippen LogP contribution in [-0.4, -0.2) is 41.4 Å². The Balaban J connectivity index is 1.70. The largest absolute Gasteiger partial charge is 0.464 e. The van der Waals surface area contributed by atoms with E-state index in [4.69, 9.17) is 4.42 Å². The van der Waals surface area contributed by atoms with E-state index in [0.29, 0.717) is 0 Å². The van der Waals surface area contributed by atoms with Gasteiger partial charge in [-0.3, -0.25) is 5.10 Å². The molecule has 3 heterocycles. The molecule has 6 nitrogen and oxygen atoms in total. The smallest absolute Gasteiger partial charge is 0.245 e. The molecule has 0 amide bonds. The molecule has 1 aliphatic heterocycles. The number of piperazine rings is 1. The van der Waals surface area contributed by atoms with E-state index in [0.717, 1.165) is 54.5 Å². The van der Waals surface area contributed by atoms with Gasteiger partial charge >= 0.3 is 0 Å². The lowest BCUT2D eigenvalue weighted by atomic mass is 10.2. The zero-order chi connectivity index (χ0) is 13.4. The van der Waals surface area contributed by atoms with Crippen molar-refractivity contribution in [1.29, 1.82) is 0 Å². The fraction of sp³-hybridized carbons (Fsp3) is 0.286. The van der Waals surface area contributed by atoms with E-state index in [1.165, 1.54) is 0 Å². The molecule has 1 aromatic carbocycles. The Morgan fingerprint density at radius 3 is 2.90 bits per heavy atom. The van der Waals surface area contributed by atoms with Crippen molar-refractivity contribution in [2.24, 2.45) is 0 Å². The van der Waals surface area contributed by atoms with Gasteiger partial charge < -0.3 is 14.6 Å². The molecule has 1 fully saturated rings. The second-order valence-electron chi connectivity index (χ2n) is 4.87.